The number of anilines is 1. The van der Waals surface area contributed by atoms with Gasteiger partial charge < -0.3 is 15.1 Å². The smallest absolute Gasteiger partial charge is 0.335 e. The molecule has 0 unspecified atom stereocenters. The molecule has 10 heteroatoms. The maximum absolute atomic E-state index is 12.4. The molecule has 0 fully saturated rings. The normalized spacial score (nSPS) is 11.1. The van der Waals surface area contributed by atoms with Crippen LogP contribution in [0.1, 0.15) is 11.5 Å². The fraction of sp³-hybridized carbons (Fsp3) is 0.118. The zero-order chi connectivity index (χ0) is 19.3. The molecule has 0 aliphatic rings. The van der Waals surface area contributed by atoms with Crippen molar-refractivity contribution in [3.8, 4) is 0 Å². The van der Waals surface area contributed by atoms with Gasteiger partial charge in [-0.1, -0.05) is 47.0 Å². The van der Waals surface area contributed by atoms with E-state index in [1.807, 2.05) is 6.07 Å². The van der Waals surface area contributed by atoms with E-state index in [0.29, 0.717) is 16.3 Å². The fourth-order valence-electron chi connectivity index (χ4n) is 2.20. The molecule has 3 aromatic rings. The lowest BCUT2D eigenvalue weighted by atomic mass is 10.2. The van der Waals surface area contributed by atoms with Gasteiger partial charge in [-0.3, -0.25) is 0 Å². The molecule has 2 amide bonds. The number of hydrogen-bond acceptors (Lipinski definition) is 6. The summed E-state index contributed by atoms with van der Waals surface area (Å²) >= 11 is 5.86. The van der Waals surface area contributed by atoms with Crippen molar-refractivity contribution in [3.63, 3.8) is 0 Å². The minimum Gasteiger partial charge on any atom is -0.411 e. The molecule has 0 bridgehead atoms. The summed E-state index contributed by atoms with van der Waals surface area (Å²) < 4.78 is 29.9. The SMILES string of the molecule is O=C(NCc1nnc(S(=O)(=O)Cc2cccc(Cl)c2)o1)Nc1ccccc1. The lowest BCUT2D eigenvalue weighted by Gasteiger charge is -2.05. The Kier molecular flexibility index (Phi) is 5.72. The highest BCUT2D eigenvalue weighted by molar-refractivity contribution is 7.90. The number of carbonyl (C=O) groups is 1. The van der Waals surface area contributed by atoms with Crippen molar-refractivity contribution in [1.29, 1.82) is 0 Å². The summed E-state index contributed by atoms with van der Waals surface area (Å²) in [4.78, 5) is 11.8. The van der Waals surface area contributed by atoms with Crippen LogP contribution in [0.4, 0.5) is 10.5 Å². The second-order valence-electron chi connectivity index (χ2n) is 5.52. The van der Waals surface area contributed by atoms with E-state index in [-0.39, 0.29) is 18.2 Å². The van der Waals surface area contributed by atoms with Crippen molar-refractivity contribution < 1.29 is 17.6 Å². The number of benzene rings is 2. The zero-order valence-electron chi connectivity index (χ0n) is 13.9. The molecule has 0 saturated carbocycles. The predicted molar refractivity (Wildman–Crippen MR) is 98.9 cm³/mol. The Labute approximate surface area is 160 Å². The zero-order valence-corrected chi connectivity index (χ0v) is 15.5. The van der Waals surface area contributed by atoms with E-state index in [1.165, 1.54) is 0 Å². The largest absolute Gasteiger partial charge is 0.411 e. The van der Waals surface area contributed by atoms with Crippen LogP contribution in [0.5, 0.6) is 0 Å². The van der Waals surface area contributed by atoms with E-state index >= 15 is 0 Å². The Bertz CT molecular complexity index is 1040. The molecular weight excluding hydrogens is 392 g/mol. The predicted octanol–water partition coefficient (Wildman–Crippen LogP) is 3.02. The first-order chi connectivity index (χ1) is 12.9. The first kappa shape index (κ1) is 18.9. The number of hydrogen-bond donors (Lipinski definition) is 2. The second kappa shape index (κ2) is 8.19. The molecule has 140 valence electrons. The van der Waals surface area contributed by atoms with Crippen LogP contribution < -0.4 is 10.6 Å². The first-order valence-corrected chi connectivity index (χ1v) is 9.85. The number of carbonyl (C=O) groups excluding carboxylic acids is 1. The highest BCUT2D eigenvalue weighted by Gasteiger charge is 2.23. The molecule has 2 aromatic carbocycles. The highest BCUT2D eigenvalue weighted by Crippen LogP contribution is 2.18. The molecule has 8 nitrogen and oxygen atoms in total. The average Bonchev–Trinajstić information content (AvgIpc) is 3.11. The van der Waals surface area contributed by atoms with E-state index in [4.69, 9.17) is 16.0 Å². The summed E-state index contributed by atoms with van der Waals surface area (Å²) in [5.41, 5.74) is 1.12. The van der Waals surface area contributed by atoms with E-state index in [0.717, 1.165) is 0 Å². The summed E-state index contributed by atoms with van der Waals surface area (Å²) in [6, 6.07) is 14.8. The van der Waals surface area contributed by atoms with E-state index in [2.05, 4.69) is 20.8 Å². The molecule has 2 N–H and O–H groups in total. The molecule has 1 aromatic heterocycles. The summed E-state index contributed by atoms with van der Waals surface area (Å²) in [6.07, 6.45) is 0. The summed E-state index contributed by atoms with van der Waals surface area (Å²) in [6.45, 7) is -0.113. The van der Waals surface area contributed by atoms with Crippen LogP contribution in [0.3, 0.4) is 0 Å². The quantitative estimate of drug-likeness (QED) is 0.650. The van der Waals surface area contributed by atoms with Crippen molar-refractivity contribution >= 4 is 33.2 Å². The van der Waals surface area contributed by atoms with Crippen molar-refractivity contribution in [2.45, 2.75) is 17.5 Å². The van der Waals surface area contributed by atoms with Gasteiger partial charge in [-0.05, 0) is 29.8 Å². The molecule has 1 heterocycles. The second-order valence-corrected chi connectivity index (χ2v) is 7.83. The third-order valence-corrected chi connectivity index (χ3v) is 5.04. The van der Waals surface area contributed by atoms with Crippen molar-refractivity contribution in [2.75, 3.05) is 5.32 Å². The number of para-hydroxylation sites is 1. The molecule has 0 spiro atoms. The number of urea groups is 1. The fourth-order valence-corrected chi connectivity index (χ4v) is 3.54. The van der Waals surface area contributed by atoms with Gasteiger partial charge in [0.1, 0.15) is 0 Å². The third-order valence-electron chi connectivity index (χ3n) is 3.39. The molecule has 0 atom stereocenters. The van der Waals surface area contributed by atoms with Crippen molar-refractivity contribution in [2.24, 2.45) is 0 Å². The summed E-state index contributed by atoms with van der Waals surface area (Å²) in [7, 11) is -3.82. The van der Waals surface area contributed by atoms with Gasteiger partial charge in [0, 0.05) is 10.7 Å². The van der Waals surface area contributed by atoms with E-state index < -0.39 is 21.1 Å². The Balaban J connectivity index is 1.59. The number of halogens is 1. The minimum atomic E-state index is -3.82. The van der Waals surface area contributed by atoms with E-state index in [1.54, 1.807) is 48.5 Å². The van der Waals surface area contributed by atoms with Gasteiger partial charge in [-0.2, -0.15) is 0 Å². The molecule has 27 heavy (non-hydrogen) atoms. The Morgan fingerprint density at radius 1 is 1.07 bits per heavy atom. The Morgan fingerprint density at radius 3 is 2.59 bits per heavy atom. The number of sulfone groups is 1. The van der Waals surface area contributed by atoms with Crippen LogP contribution in [0, 0.1) is 0 Å². The van der Waals surface area contributed by atoms with Gasteiger partial charge in [0.05, 0.1) is 12.3 Å². The minimum absolute atomic E-state index is 0.0251. The Hall–Kier alpha value is -2.91. The first-order valence-electron chi connectivity index (χ1n) is 7.82. The standard InChI is InChI=1S/C17H15ClN4O4S/c18-13-6-4-5-12(9-13)11-27(24,25)17-22-21-15(26-17)10-19-16(23)20-14-7-2-1-3-8-14/h1-9H,10-11H2,(H2,19,20,23). The summed E-state index contributed by atoms with van der Waals surface area (Å²) in [5.74, 6) is -0.347. The molecule has 3 rings (SSSR count). The molecular formula is C17H15ClN4O4S. The van der Waals surface area contributed by atoms with Crippen molar-refractivity contribution in [3.05, 3.63) is 71.1 Å². The number of rotatable bonds is 6. The van der Waals surface area contributed by atoms with Gasteiger partial charge in [0.25, 0.3) is 0 Å². The molecule has 0 saturated heterocycles. The van der Waals surface area contributed by atoms with Crippen LogP contribution in [0.15, 0.2) is 64.2 Å². The third kappa shape index (κ3) is 5.28. The molecule has 0 radical (unpaired) electrons. The number of nitrogens with zero attached hydrogens (tertiary/aromatic N) is 2. The number of aromatic nitrogens is 2. The van der Waals surface area contributed by atoms with Gasteiger partial charge >= 0.3 is 11.3 Å². The van der Waals surface area contributed by atoms with Crippen LogP contribution >= 0.6 is 11.6 Å². The molecule has 0 aliphatic heterocycles. The maximum atomic E-state index is 12.4. The Morgan fingerprint density at radius 2 is 1.85 bits per heavy atom. The van der Waals surface area contributed by atoms with Crippen molar-refractivity contribution in [1.82, 2.24) is 15.5 Å². The van der Waals surface area contributed by atoms with E-state index in [9.17, 15) is 13.2 Å². The van der Waals surface area contributed by atoms with Crippen LogP contribution in [0.25, 0.3) is 0 Å². The van der Waals surface area contributed by atoms with Crippen LogP contribution in [-0.4, -0.2) is 24.6 Å². The van der Waals surface area contributed by atoms with Gasteiger partial charge in [-0.25, -0.2) is 13.2 Å². The van der Waals surface area contributed by atoms with Gasteiger partial charge in [0.2, 0.25) is 15.7 Å². The lowest BCUT2D eigenvalue weighted by molar-refractivity contribution is 0.250. The summed E-state index contributed by atoms with van der Waals surface area (Å²) in [5, 5.41) is 12.3. The maximum Gasteiger partial charge on any atom is 0.335 e. The average molecular weight is 407 g/mol. The number of nitrogens with one attached hydrogen (secondary N) is 2. The van der Waals surface area contributed by atoms with Crippen LogP contribution in [0.2, 0.25) is 5.02 Å². The van der Waals surface area contributed by atoms with Crippen LogP contribution in [-0.2, 0) is 22.1 Å². The molecule has 0 aliphatic carbocycles. The topological polar surface area (TPSA) is 114 Å². The lowest BCUT2D eigenvalue weighted by Crippen LogP contribution is -2.28. The van der Waals surface area contributed by atoms with Gasteiger partial charge in [0.15, 0.2) is 0 Å². The van der Waals surface area contributed by atoms with Gasteiger partial charge in [-0.15, -0.1) is 5.10 Å². The number of amides is 2. The highest BCUT2D eigenvalue weighted by atomic mass is 35.5. The monoisotopic (exact) mass is 406 g/mol.